The zero-order chi connectivity index (χ0) is 21.2. The predicted octanol–water partition coefficient (Wildman–Crippen LogP) is 6.26. The second-order valence-electron chi connectivity index (χ2n) is 7.06. The molecule has 29 heavy (non-hydrogen) atoms. The highest BCUT2D eigenvalue weighted by molar-refractivity contribution is 5.66. The van der Waals surface area contributed by atoms with E-state index in [0.717, 1.165) is 17.2 Å². The van der Waals surface area contributed by atoms with Crippen LogP contribution in [0.4, 0.5) is 18.9 Å². The van der Waals surface area contributed by atoms with Crippen LogP contribution in [-0.4, -0.2) is 4.57 Å². The molecule has 6 heteroatoms. The van der Waals surface area contributed by atoms with Crippen molar-refractivity contribution in [3.63, 3.8) is 0 Å². The van der Waals surface area contributed by atoms with E-state index in [9.17, 15) is 18.0 Å². The van der Waals surface area contributed by atoms with Crippen LogP contribution in [0.2, 0.25) is 0 Å². The lowest BCUT2D eigenvalue weighted by atomic mass is 10.0. The Morgan fingerprint density at radius 3 is 2.17 bits per heavy atom. The second kappa shape index (κ2) is 7.96. The summed E-state index contributed by atoms with van der Waals surface area (Å²) in [5.41, 5.74) is -0.558. The molecule has 0 spiro atoms. The minimum absolute atomic E-state index is 0.0715. The summed E-state index contributed by atoms with van der Waals surface area (Å²) in [4.78, 5) is 15.8. The monoisotopic (exact) mass is 396 g/mol. The zero-order valence-electron chi connectivity index (χ0n) is 16.0. The SMILES string of the molecule is [C-]#[N+]c1c(C(F)(F)F)cc(-c2ccccc2)n(Cc2ccc(C(C)C)cc2)c1=O. The van der Waals surface area contributed by atoms with Gasteiger partial charge in [0.1, 0.15) is 0 Å². The molecule has 1 heterocycles. The number of alkyl halides is 3. The highest BCUT2D eigenvalue weighted by Crippen LogP contribution is 2.37. The fourth-order valence-electron chi connectivity index (χ4n) is 3.16. The summed E-state index contributed by atoms with van der Waals surface area (Å²) < 4.78 is 41.7. The Hall–Kier alpha value is -3.33. The Kier molecular flexibility index (Phi) is 5.60. The van der Waals surface area contributed by atoms with E-state index in [2.05, 4.69) is 18.7 Å². The number of hydrogen-bond donors (Lipinski definition) is 0. The molecule has 0 unspecified atom stereocenters. The number of hydrogen-bond acceptors (Lipinski definition) is 1. The van der Waals surface area contributed by atoms with Crippen molar-refractivity contribution in [1.29, 1.82) is 0 Å². The third kappa shape index (κ3) is 4.24. The molecule has 0 atom stereocenters. The smallest absolute Gasteiger partial charge is 0.313 e. The molecule has 3 rings (SSSR count). The first-order valence-corrected chi connectivity index (χ1v) is 9.09. The molecule has 148 valence electrons. The molecular formula is C23H19F3N2O. The van der Waals surface area contributed by atoms with Crippen LogP contribution in [0.5, 0.6) is 0 Å². The van der Waals surface area contributed by atoms with Gasteiger partial charge in [-0.3, -0.25) is 4.79 Å². The van der Waals surface area contributed by atoms with Crippen molar-refractivity contribution in [3.8, 4) is 11.3 Å². The van der Waals surface area contributed by atoms with Gasteiger partial charge in [0.25, 0.3) is 11.2 Å². The van der Waals surface area contributed by atoms with E-state index < -0.39 is 23.0 Å². The summed E-state index contributed by atoms with van der Waals surface area (Å²) >= 11 is 0. The summed E-state index contributed by atoms with van der Waals surface area (Å²) in [5.74, 6) is 0.339. The van der Waals surface area contributed by atoms with Crippen LogP contribution in [0.15, 0.2) is 65.5 Å². The van der Waals surface area contributed by atoms with Crippen molar-refractivity contribution in [1.82, 2.24) is 4.57 Å². The number of nitrogens with zero attached hydrogens (tertiary/aromatic N) is 2. The Balaban J connectivity index is 2.22. The summed E-state index contributed by atoms with van der Waals surface area (Å²) in [6, 6.07) is 16.9. The third-order valence-corrected chi connectivity index (χ3v) is 4.75. The molecule has 3 aromatic rings. The lowest BCUT2D eigenvalue weighted by molar-refractivity contribution is -0.136. The first kappa shape index (κ1) is 20.4. The fraction of sp³-hybridized carbons (Fsp3) is 0.217. The summed E-state index contributed by atoms with van der Waals surface area (Å²) in [5, 5.41) is 0. The largest absolute Gasteiger partial charge is 0.407 e. The molecule has 1 aromatic heterocycles. The van der Waals surface area contributed by atoms with Crippen LogP contribution >= 0.6 is 0 Å². The van der Waals surface area contributed by atoms with Crippen LogP contribution in [0, 0.1) is 6.57 Å². The molecule has 0 amide bonds. The summed E-state index contributed by atoms with van der Waals surface area (Å²) in [6.45, 7) is 11.3. The van der Waals surface area contributed by atoms with Crippen LogP contribution in [0.25, 0.3) is 16.1 Å². The van der Waals surface area contributed by atoms with Crippen molar-refractivity contribution in [3.05, 3.63) is 99.1 Å². The van der Waals surface area contributed by atoms with E-state index in [4.69, 9.17) is 6.57 Å². The van der Waals surface area contributed by atoms with Crippen molar-refractivity contribution >= 4 is 5.69 Å². The Morgan fingerprint density at radius 1 is 1.03 bits per heavy atom. The van der Waals surface area contributed by atoms with Crippen LogP contribution in [0.1, 0.15) is 36.5 Å². The molecule has 0 radical (unpaired) electrons. The van der Waals surface area contributed by atoms with Crippen molar-refractivity contribution < 1.29 is 13.2 Å². The number of aromatic nitrogens is 1. The van der Waals surface area contributed by atoms with E-state index in [1.807, 2.05) is 24.3 Å². The highest BCUT2D eigenvalue weighted by atomic mass is 19.4. The molecule has 3 nitrogen and oxygen atoms in total. The Labute approximate surface area is 166 Å². The number of benzene rings is 2. The van der Waals surface area contributed by atoms with Gasteiger partial charge in [0.15, 0.2) is 0 Å². The molecule has 0 bridgehead atoms. The van der Waals surface area contributed by atoms with Gasteiger partial charge in [0.2, 0.25) is 0 Å². The van der Waals surface area contributed by atoms with E-state index >= 15 is 0 Å². The van der Waals surface area contributed by atoms with Gasteiger partial charge in [0, 0.05) is 12.2 Å². The standard InChI is InChI=1S/C23H19F3N2O/c1-15(2)17-11-9-16(10-12-17)14-28-20(18-7-5-4-6-8-18)13-19(23(24,25)26)21(27-3)22(28)29/h4-13,15H,14H2,1-2H3. The van der Waals surface area contributed by atoms with Crippen molar-refractivity contribution in [2.75, 3.05) is 0 Å². The van der Waals surface area contributed by atoms with E-state index in [1.165, 1.54) is 4.57 Å². The van der Waals surface area contributed by atoms with Crippen molar-refractivity contribution in [2.24, 2.45) is 0 Å². The molecule has 0 saturated heterocycles. The van der Waals surface area contributed by atoms with Crippen LogP contribution in [0.3, 0.4) is 0 Å². The number of pyridine rings is 1. The van der Waals surface area contributed by atoms with Gasteiger partial charge >= 0.3 is 6.18 Å². The second-order valence-corrected chi connectivity index (χ2v) is 7.06. The van der Waals surface area contributed by atoms with Gasteiger partial charge in [-0.1, -0.05) is 68.4 Å². The quantitative estimate of drug-likeness (QED) is 0.478. The van der Waals surface area contributed by atoms with Crippen molar-refractivity contribution in [2.45, 2.75) is 32.5 Å². The maximum atomic E-state index is 13.5. The minimum Gasteiger partial charge on any atom is -0.313 e. The lowest BCUT2D eigenvalue weighted by Crippen LogP contribution is -2.25. The van der Waals surface area contributed by atoms with Gasteiger partial charge in [0.05, 0.1) is 12.1 Å². The Morgan fingerprint density at radius 2 is 1.66 bits per heavy atom. The first-order valence-electron chi connectivity index (χ1n) is 9.09. The molecule has 2 aromatic carbocycles. The van der Waals surface area contributed by atoms with Gasteiger partial charge in [-0.05, 0) is 28.7 Å². The molecular weight excluding hydrogens is 377 g/mol. The molecule has 0 saturated carbocycles. The normalized spacial score (nSPS) is 11.5. The van der Waals surface area contributed by atoms with Gasteiger partial charge in [-0.2, -0.15) is 13.2 Å². The average molecular weight is 396 g/mol. The summed E-state index contributed by atoms with van der Waals surface area (Å²) in [7, 11) is 0. The topological polar surface area (TPSA) is 26.4 Å². The van der Waals surface area contributed by atoms with Gasteiger partial charge in [-0.25, -0.2) is 4.85 Å². The number of halogens is 3. The molecule has 0 aliphatic rings. The Bertz CT molecular complexity index is 1110. The van der Waals surface area contributed by atoms with E-state index in [-0.39, 0.29) is 12.2 Å². The van der Waals surface area contributed by atoms with Gasteiger partial charge in [-0.15, -0.1) is 0 Å². The molecule has 0 fully saturated rings. The average Bonchev–Trinajstić information content (AvgIpc) is 2.69. The maximum absolute atomic E-state index is 13.5. The minimum atomic E-state index is -4.79. The predicted molar refractivity (Wildman–Crippen MR) is 107 cm³/mol. The number of rotatable bonds is 4. The first-order chi connectivity index (χ1) is 13.7. The van der Waals surface area contributed by atoms with Crippen LogP contribution in [-0.2, 0) is 12.7 Å². The summed E-state index contributed by atoms with van der Waals surface area (Å²) in [6.07, 6.45) is -4.79. The fourth-order valence-corrected chi connectivity index (χ4v) is 3.16. The van der Waals surface area contributed by atoms with Gasteiger partial charge < -0.3 is 4.57 Å². The highest BCUT2D eigenvalue weighted by Gasteiger charge is 2.36. The molecule has 0 aliphatic heterocycles. The van der Waals surface area contributed by atoms with Crippen LogP contribution < -0.4 is 5.56 Å². The lowest BCUT2D eigenvalue weighted by Gasteiger charge is -2.18. The molecule has 0 N–H and O–H groups in total. The van der Waals surface area contributed by atoms with E-state index in [1.54, 1.807) is 30.3 Å². The molecule has 0 aliphatic carbocycles. The van der Waals surface area contributed by atoms with E-state index in [0.29, 0.717) is 11.5 Å². The zero-order valence-corrected chi connectivity index (χ0v) is 16.0. The third-order valence-electron chi connectivity index (χ3n) is 4.75. The maximum Gasteiger partial charge on any atom is 0.407 e.